The highest BCUT2D eigenvalue weighted by atomic mass is 15.2. The van der Waals surface area contributed by atoms with Gasteiger partial charge in [0.15, 0.2) is 5.96 Å². The van der Waals surface area contributed by atoms with Crippen molar-refractivity contribution in [2.45, 2.75) is 12.6 Å². The van der Waals surface area contributed by atoms with Crippen LogP contribution in [-0.4, -0.2) is 12.1 Å². The average Bonchev–Trinajstić information content (AvgIpc) is 2.04. The number of allylic oxidation sites excluding steroid dienone is 1. The molecule has 4 nitrogen and oxygen atoms in total. The zero-order valence-corrected chi connectivity index (χ0v) is 6.04. The third kappa shape index (κ3) is 1.07. The van der Waals surface area contributed by atoms with E-state index >= 15 is 0 Å². The number of rotatable bonds is 0. The van der Waals surface area contributed by atoms with Gasteiger partial charge >= 0.3 is 0 Å². The summed E-state index contributed by atoms with van der Waals surface area (Å²) in [7, 11) is 0. The lowest BCUT2D eigenvalue weighted by molar-refractivity contribution is 0.587. The Morgan fingerprint density at radius 2 is 2.55 bits per heavy atom. The molecule has 2 heterocycles. The lowest BCUT2D eigenvalue weighted by Crippen LogP contribution is -2.50. The maximum absolute atomic E-state index is 5.47. The molecule has 4 heteroatoms. The molecule has 1 atom stereocenters. The van der Waals surface area contributed by atoms with E-state index < -0.39 is 0 Å². The van der Waals surface area contributed by atoms with E-state index in [1.54, 1.807) is 0 Å². The summed E-state index contributed by atoms with van der Waals surface area (Å²) >= 11 is 0. The molecule has 0 fully saturated rings. The smallest absolute Gasteiger partial charge is 0.195 e. The first-order chi connectivity index (χ1) is 5.36. The van der Waals surface area contributed by atoms with Crippen molar-refractivity contribution >= 4 is 5.96 Å². The van der Waals surface area contributed by atoms with Gasteiger partial charge in [-0.15, -0.1) is 0 Å². The number of hydrogen-bond acceptors (Lipinski definition) is 4. The Morgan fingerprint density at radius 1 is 1.64 bits per heavy atom. The number of aliphatic imine (C=N–C) groups is 1. The summed E-state index contributed by atoms with van der Waals surface area (Å²) in [4.78, 5) is 3.96. The molecule has 4 N–H and O–H groups in total. The average molecular weight is 150 g/mol. The van der Waals surface area contributed by atoms with Crippen LogP contribution in [0, 0.1) is 0 Å². The van der Waals surface area contributed by atoms with Gasteiger partial charge in [-0.1, -0.05) is 6.08 Å². The molecule has 2 aliphatic rings. The van der Waals surface area contributed by atoms with E-state index in [9.17, 15) is 0 Å². The molecule has 0 bridgehead atoms. The minimum Gasteiger partial charge on any atom is -0.370 e. The largest absolute Gasteiger partial charge is 0.370 e. The Kier molecular flexibility index (Phi) is 1.31. The minimum absolute atomic E-state index is 0.150. The minimum atomic E-state index is 0.150. The highest BCUT2D eigenvalue weighted by Gasteiger charge is 2.17. The number of nitrogens with one attached hydrogen (secondary N) is 2. The van der Waals surface area contributed by atoms with Crippen molar-refractivity contribution in [3.05, 3.63) is 24.0 Å². The van der Waals surface area contributed by atoms with Crippen molar-refractivity contribution in [3.8, 4) is 0 Å². The SMILES string of the molecule is NC1=NC=C2CC=CNC2N1. The molecule has 58 valence electrons. The van der Waals surface area contributed by atoms with Gasteiger partial charge in [-0.2, -0.15) is 0 Å². The van der Waals surface area contributed by atoms with E-state index in [0.717, 1.165) is 6.42 Å². The topological polar surface area (TPSA) is 62.4 Å². The lowest BCUT2D eigenvalue weighted by Gasteiger charge is -2.27. The van der Waals surface area contributed by atoms with Gasteiger partial charge in [0.1, 0.15) is 6.17 Å². The molecule has 0 radical (unpaired) electrons. The second kappa shape index (κ2) is 2.30. The van der Waals surface area contributed by atoms with E-state index in [1.165, 1.54) is 5.57 Å². The normalized spacial score (nSPS) is 27.5. The third-order valence-corrected chi connectivity index (χ3v) is 1.77. The first-order valence-electron chi connectivity index (χ1n) is 3.56. The van der Waals surface area contributed by atoms with Crippen LogP contribution in [0.5, 0.6) is 0 Å². The fourth-order valence-corrected chi connectivity index (χ4v) is 1.18. The summed E-state index contributed by atoms with van der Waals surface area (Å²) < 4.78 is 0. The van der Waals surface area contributed by atoms with Crippen LogP contribution in [0.4, 0.5) is 0 Å². The molecular weight excluding hydrogens is 140 g/mol. The van der Waals surface area contributed by atoms with Crippen LogP contribution in [0.2, 0.25) is 0 Å². The van der Waals surface area contributed by atoms with Gasteiger partial charge in [0.25, 0.3) is 0 Å². The summed E-state index contributed by atoms with van der Waals surface area (Å²) in [6, 6.07) is 0. The van der Waals surface area contributed by atoms with Crippen LogP contribution in [0.1, 0.15) is 6.42 Å². The van der Waals surface area contributed by atoms with Gasteiger partial charge in [-0.05, 0) is 18.2 Å². The summed E-state index contributed by atoms with van der Waals surface area (Å²) in [6.07, 6.45) is 6.89. The summed E-state index contributed by atoms with van der Waals surface area (Å²) in [5.74, 6) is 0.474. The molecular formula is C7H10N4. The molecule has 2 aliphatic heterocycles. The van der Waals surface area contributed by atoms with E-state index in [4.69, 9.17) is 5.73 Å². The molecule has 0 aromatic carbocycles. The predicted molar refractivity (Wildman–Crippen MR) is 43.5 cm³/mol. The van der Waals surface area contributed by atoms with Crippen molar-refractivity contribution in [1.82, 2.24) is 10.6 Å². The fourth-order valence-electron chi connectivity index (χ4n) is 1.18. The van der Waals surface area contributed by atoms with E-state index in [-0.39, 0.29) is 6.17 Å². The molecule has 11 heavy (non-hydrogen) atoms. The molecule has 0 aromatic heterocycles. The monoisotopic (exact) mass is 150 g/mol. The van der Waals surface area contributed by atoms with Crippen LogP contribution in [0.25, 0.3) is 0 Å². The third-order valence-electron chi connectivity index (χ3n) is 1.77. The van der Waals surface area contributed by atoms with Crippen molar-refractivity contribution in [3.63, 3.8) is 0 Å². The van der Waals surface area contributed by atoms with Gasteiger partial charge in [-0.25, -0.2) is 4.99 Å². The Bertz CT molecular complexity index is 251. The molecule has 0 aromatic rings. The first-order valence-corrected chi connectivity index (χ1v) is 3.56. The summed E-state index contributed by atoms with van der Waals surface area (Å²) in [6.45, 7) is 0. The maximum atomic E-state index is 5.47. The molecule has 0 amide bonds. The fraction of sp³-hybridized carbons (Fsp3) is 0.286. The summed E-state index contributed by atoms with van der Waals surface area (Å²) in [5.41, 5.74) is 6.70. The second-order valence-corrected chi connectivity index (χ2v) is 2.57. The van der Waals surface area contributed by atoms with Crippen LogP contribution in [0.3, 0.4) is 0 Å². The quantitative estimate of drug-likeness (QED) is 0.441. The molecule has 1 unspecified atom stereocenters. The standard InChI is InChI=1S/C7H10N4/c8-7-10-4-5-2-1-3-9-6(5)11-7/h1,3-4,6,9H,2H2,(H3,8,10,11). The number of fused-ring (bicyclic) bond motifs is 1. The Labute approximate surface area is 64.9 Å². The molecule has 2 rings (SSSR count). The first kappa shape index (κ1) is 6.27. The van der Waals surface area contributed by atoms with Gasteiger partial charge in [0.2, 0.25) is 0 Å². The van der Waals surface area contributed by atoms with Gasteiger partial charge in [0, 0.05) is 6.20 Å². The van der Waals surface area contributed by atoms with Crippen LogP contribution >= 0.6 is 0 Å². The molecule has 0 saturated heterocycles. The van der Waals surface area contributed by atoms with Gasteiger partial charge in [-0.3, -0.25) is 0 Å². The Hall–Kier alpha value is -1.45. The Balaban J connectivity index is 2.24. The van der Waals surface area contributed by atoms with Gasteiger partial charge < -0.3 is 16.4 Å². The molecule has 0 spiro atoms. The zero-order valence-electron chi connectivity index (χ0n) is 6.04. The van der Waals surface area contributed by atoms with Crippen LogP contribution < -0.4 is 16.4 Å². The van der Waals surface area contributed by atoms with Crippen molar-refractivity contribution in [2.75, 3.05) is 0 Å². The number of guanidine groups is 1. The number of hydrogen-bond donors (Lipinski definition) is 3. The maximum Gasteiger partial charge on any atom is 0.195 e. The van der Waals surface area contributed by atoms with Gasteiger partial charge in [0.05, 0.1) is 0 Å². The molecule has 0 saturated carbocycles. The second-order valence-electron chi connectivity index (χ2n) is 2.57. The van der Waals surface area contributed by atoms with E-state index in [1.807, 2.05) is 12.4 Å². The van der Waals surface area contributed by atoms with Crippen LogP contribution in [0.15, 0.2) is 29.0 Å². The Morgan fingerprint density at radius 3 is 3.45 bits per heavy atom. The highest BCUT2D eigenvalue weighted by molar-refractivity contribution is 5.80. The number of nitrogens with zero attached hydrogens (tertiary/aromatic N) is 1. The number of nitrogens with two attached hydrogens (primary N) is 1. The van der Waals surface area contributed by atoms with E-state index in [2.05, 4.69) is 21.7 Å². The zero-order chi connectivity index (χ0) is 7.68. The van der Waals surface area contributed by atoms with Crippen LogP contribution in [-0.2, 0) is 0 Å². The summed E-state index contributed by atoms with van der Waals surface area (Å²) in [5, 5.41) is 6.15. The highest BCUT2D eigenvalue weighted by Crippen LogP contribution is 2.13. The molecule has 0 aliphatic carbocycles. The van der Waals surface area contributed by atoms with Crippen molar-refractivity contribution in [2.24, 2.45) is 10.7 Å². The van der Waals surface area contributed by atoms with Crippen molar-refractivity contribution in [1.29, 1.82) is 0 Å². The lowest BCUT2D eigenvalue weighted by atomic mass is 10.1. The van der Waals surface area contributed by atoms with E-state index in [0.29, 0.717) is 5.96 Å². The predicted octanol–water partition coefficient (Wildman–Crippen LogP) is -0.379. The van der Waals surface area contributed by atoms with Crippen molar-refractivity contribution < 1.29 is 0 Å².